The fourth-order valence-electron chi connectivity index (χ4n) is 5.04. The summed E-state index contributed by atoms with van der Waals surface area (Å²) in [7, 11) is -2.73. The number of benzene rings is 3. The Morgan fingerprint density at radius 3 is 2.14 bits per heavy atom. The molecule has 0 radical (unpaired) electrons. The lowest BCUT2D eigenvalue weighted by molar-refractivity contribution is -0.139. The average Bonchev–Trinajstić information content (AvgIpc) is 3.48. The minimum Gasteiger partial charge on any atom is -0.495 e. The molecule has 1 N–H and O–H groups in total. The first kappa shape index (κ1) is 31.4. The molecule has 0 heterocycles. The van der Waals surface area contributed by atoms with Gasteiger partial charge in [0.1, 0.15) is 18.3 Å². The lowest BCUT2D eigenvalue weighted by Crippen LogP contribution is -2.52. The number of carbonyl (C=O) groups is 2. The number of sulfonamides is 1. The van der Waals surface area contributed by atoms with Crippen molar-refractivity contribution in [2.75, 3.05) is 18.0 Å². The number of anilines is 1. The van der Waals surface area contributed by atoms with Gasteiger partial charge in [-0.25, -0.2) is 8.42 Å². The average molecular weight is 612 g/mol. The van der Waals surface area contributed by atoms with Gasteiger partial charge < -0.3 is 15.0 Å². The molecule has 42 heavy (non-hydrogen) atoms. The molecule has 1 atom stereocenters. The second-order valence-corrected chi connectivity index (χ2v) is 13.1. The van der Waals surface area contributed by atoms with Crippen LogP contribution in [0, 0.1) is 13.8 Å². The molecular formula is C32H38ClN3O5S. The van der Waals surface area contributed by atoms with Crippen LogP contribution in [0.25, 0.3) is 0 Å². The first-order chi connectivity index (χ1) is 20.0. The molecule has 10 heteroatoms. The van der Waals surface area contributed by atoms with Crippen LogP contribution in [0.2, 0.25) is 5.02 Å². The van der Waals surface area contributed by atoms with Gasteiger partial charge in [-0.15, -0.1) is 0 Å². The third-order valence-electron chi connectivity index (χ3n) is 7.65. The van der Waals surface area contributed by atoms with Crippen LogP contribution in [0.15, 0.2) is 71.6 Å². The van der Waals surface area contributed by atoms with Crippen LogP contribution in [0.3, 0.4) is 0 Å². The molecule has 224 valence electrons. The van der Waals surface area contributed by atoms with Crippen LogP contribution in [0.4, 0.5) is 5.69 Å². The van der Waals surface area contributed by atoms with Crippen LogP contribution in [0.5, 0.6) is 5.75 Å². The molecule has 0 saturated heterocycles. The number of hydrogen-bond acceptors (Lipinski definition) is 5. The van der Waals surface area contributed by atoms with E-state index in [4.69, 9.17) is 16.3 Å². The summed E-state index contributed by atoms with van der Waals surface area (Å²) in [4.78, 5) is 28.9. The lowest BCUT2D eigenvalue weighted by atomic mass is 10.1. The molecule has 1 saturated carbocycles. The maximum Gasteiger partial charge on any atom is 0.264 e. The monoisotopic (exact) mass is 611 g/mol. The van der Waals surface area contributed by atoms with Crippen LogP contribution >= 0.6 is 11.6 Å². The number of nitrogens with one attached hydrogen (secondary N) is 1. The second-order valence-electron chi connectivity index (χ2n) is 10.8. The molecule has 0 aromatic heterocycles. The van der Waals surface area contributed by atoms with Crippen molar-refractivity contribution in [3.05, 3.63) is 88.4 Å². The molecule has 0 aliphatic heterocycles. The third kappa shape index (κ3) is 7.44. The van der Waals surface area contributed by atoms with E-state index < -0.39 is 28.5 Å². The van der Waals surface area contributed by atoms with Gasteiger partial charge in [-0.1, -0.05) is 72.0 Å². The Bertz CT molecular complexity index is 1500. The molecular weight excluding hydrogens is 574 g/mol. The maximum atomic E-state index is 14.1. The van der Waals surface area contributed by atoms with Crippen molar-refractivity contribution in [1.29, 1.82) is 0 Å². The number of rotatable bonds is 11. The van der Waals surface area contributed by atoms with Gasteiger partial charge in [0.2, 0.25) is 11.8 Å². The molecule has 1 aliphatic rings. The SMILES string of the molecule is COc1ccc(N(CC(=O)N(Cc2ccc(C)cc2)C(C)C(=O)NC2CCCC2)S(=O)(=O)c2ccc(C)cc2)cc1Cl. The predicted molar refractivity (Wildman–Crippen MR) is 165 cm³/mol. The molecule has 8 nitrogen and oxygen atoms in total. The fraction of sp³-hybridized carbons (Fsp3) is 0.375. The Kier molecular flexibility index (Phi) is 10.2. The molecule has 0 bridgehead atoms. The maximum absolute atomic E-state index is 14.1. The van der Waals surface area contributed by atoms with E-state index in [-0.39, 0.29) is 34.1 Å². The first-order valence-corrected chi connectivity index (χ1v) is 15.9. The molecule has 1 fully saturated rings. The number of amides is 2. The highest BCUT2D eigenvalue weighted by atomic mass is 35.5. The molecule has 1 aliphatic carbocycles. The summed E-state index contributed by atoms with van der Waals surface area (Å²) >= 11 is 6.39. The zero-order valence-electron chi connectivity index (χ0n) is 24.5. The Morgan fingerprint density at radius 2 is 1.57 bits per heavy atom. The number of halogens is 1. The smallest absolute Gasteiger partial charge is 0.264 e. The van der Waals surface area contributed by atoms with Crippen molar-refractivity contribution in [2.45, 2.75) is 70.0 Å². The van der Waals surface area contributed by atoms with E-state index in [0.29, 0.717) is 5.75 Å². The fourth-order valence-corrected chi connectivity index (χ4v) is 6.70. The summed E-state index contributed by atoms with van der Waals surface area (Å²) in [5, 5.41) is 3.28. The van der Waals surface area contributed by atoms with Crippen LogP contribution in [0.1, 0.15) is 49.3 Å². The van der Waals surface area contributed by atoms with Gasteiger partial charge in [0.15, 0.2) is 0 Å². The number of ether oxygens (including phenoxy) is 1. The van der Waals surface area contributed by atoms with Gasteiger partial charge >= 0.3 is 0 Å². The van der Waals surface area contributed by atoms with Gasteiger partial charge in [-0.05, 0) is 69.5 Å². The largest absolute Gasteiger partial charge is 0.495 e. The number of aryl methyl sites for hydroxylation is 2. The van der Waals surface area contributed by atoms with E-state index in [2.05, 4.69) is 5.32 Å². The van der Waals surface area contributed by atoms with Crippen molar-refractivity contribution < 1.29 is 22.7 Å². The van der Waals surface area contributed by atoms with Gasteiger partial charge in [0.25, 0.3) is 10.0 Å². The van der Waals surface area contributed by atoms with Crippen LogP contribution in [-0.2, 0) is 26.2 Å². The Labute approximate surface area is 253 Å². The van der Waals surface area contributed by atoms with Crippen molar-refractivity contribution in [1.82, 2.24) is 10.2 Å². The zero-order chi connectivity index (χ0) is 30.4. The summed E-state index contributed by atoms with van der Waals surface area (Å²) in [5.74, 6) is -0.410. The van der Waals surface area contributed by atoms with E-state index in [1.165, 1.54) is 30.2 Å². The molecule has 2 amide bonds. The highest BCUT2D eigenvalue weighted by Crippen LogP contribution is 2.32. The summed E-state index contributed by atoms with van der Waals surface area (Å²) in [5.41, 5.74) is 2.99. The quantitative estimate of drug-likeness (QED) is 0.303. The molecule has 0 spiro atoms. The van der Waals surface area contributed by atoms with E-state index in [1.54, 1.807) is 31.2 Å². The van der Waals surface area contributed by atoms with Crippen molar-refractivity contribution in [3.63, 3.8) is 0 Å². The Morgan fingerprint density at radius 1 is 0.976 bits per heavy atom. The van der Waals surface area contributed by atoms with Crippen molar-refractivity contribution in [3.8, 4) is 5.75 Å². The molecule has 3 aromatic rings. The molecule has 4 rings (SSSR count). The summed E-state index contributed by atoms with van der Waals surface area (Å²) < 4.78 is 34.3. The van der Waals surface area contributed by atoms with Crippen LogP contribution < -0.4 is 14.4 Å². The summed E-state index contributed by atoms with van der Waals surface area (Å²) in [6, 6.07) is 17.9. The number of carbonyl (C=O) groups excluding carboxylic acids is 2. The van der Waals surface area contributed by atoms with Gasteiger partial charge in [-0.2, -0.15) is 0 Å². The highest BCUT2D eigenvalue weighted by Gasteiger charge is 2.33. The standard InChI is InChI=1S/C32H38ClN3O5S/c1-22-9-13-25(14-10-22)20-35(24(3)32(38)34-26-7-5-6-8-26)31(37)21-36(27-15-18-30(41-4)29(33)19-27)42(39,40)28-16-11-23(2)12-17-28/h9-19,24,26H,5-8,20-21H2,1-4H3,(H,34,38). The van der Waals surface area contributed by atoms with Gasteiger partial charge in [-0.3, -0.25) is 13.9 Å². The minimum atomic E-state index is -4.19. The first-order valence-electron chi connectivity index (χ1n) is 14.1. The number of methoxy groups -OCH3 is 1. The van der Waals surface area contributed by atoms with Gasteiger partial charge in [0, 0.05) is 12.6 Å². The van der Waals surface area contributed by atoms with E-state index in [0.717, 1.165) is 46.7 Å². The number of nitrogens with zero attached hydrogens (tertiary/aromatic N) is 2. The zero-order valence-corrected chi connectivity index (χ0v) is 26.0. The van der Waals surface area contributed by atoms with Crippen molar-refractivity contribution >= 4 is 39.1 Å². The van der Waals surface area contributed by atoms with E-state index in [9.17, 15) is 18.0 Å². The van der Waals surface area contributed by atoms with Crippen LogP contribution in [-0.4, -0.2) is 50.9 Å². The summed E-state index contributed by atoms with van der Waals surface area (Å²) in [6.07, 6.45) is 3.93. The number of hydrogen-bond donors (Lipinski definition) is 1. The highest BCUT2D eigenvalue weighted by molar-refractivity contribution is 7.92. The van der Waals surface area contributed by atoms with E-state index >= 15 is 0 Å². The normalized spacial score (nSPS) is 14.3. The Balaban J connectivity index is 1.71. The molecule has 3 aromatic carbocycles. The minimum absolute atomic E-state index is 0.0324. The Hall–Kier alpha value is -3.56. The van der Waals surface area contributed by atoms with E-state index in [1.807, 2.05) is 38.1 Å². The topological polar surface area (TPSA) is 96.0 Å². The second kappa shape index (κ2) is 13.6. The summed E-state index contributed by atoms with van der Waals surface area (Å²) in [6.45, 7) is 5.12. The predicted octanol–water partition coefficient (Wildman–Crippen LogP) is 5.64. The van der Waals surface area contributed by atoms with Crippen molar-refractivity contribution in [2.24, 2.45) is 0 Å². The lowest BCUT2D eigenvalue weighted by Gasteiger charge is -2.32. The third-order valence-corrected chi connectivity index (χ3v) is 9.74. The van der Waals surface area contributed by atoms with Gasteiger partial charge in [0.05, 0.1) is 22.7 Å². The molecule has 1 unspecified atom stereocenters.